The van der Waals surface area contributed by atoms with E-state index in [0.29, 0.717) is 16.2 Å². The van der Waals surface area contributed by atoms with E-state index in [0.717, 1.165) is 0 Å². The van der Waals surface area contributed by atoms with Gasteiger partial charge in [0.05, 0.1) is 20.8 Å². The lowest BCUT2D eigenvalue weighted by Crippen LogP contribution is -2.69. The number of ether oxygens (including phenoxy) is 2. The number of halogens is 3. The lowest BCUT2D eigenvalue weighted by atomic mass is 10.1. The predicted octanol–water partition coefficient (Wildman–Crippen LogP) is 2.44. The largest absolute Gasteiger partial charge is 0.497 e. The standard InChI is InChI=1S/C20H18F3N3O5/c1-30-14-8-6-12(7-9-14)11-26-17(28)19(20(21,22)23,25-18(26)29)24-16(27)13-4-3-5-15(10-13)31-2/h3-10H,11H2,1-2H3,(H,24,27)(H,25,29)/t19-/m0/s1. The lowest BCUT2D eigenvalue weighted by molar-refractivity contribution is -0.200. The van der Waals surface area contributed by atoms with Crippen molar-refractivity contribution in [1.82, 2.24) is 15.5 Å². The number of nitrogens with one attached hydrogen (secondary N) is 2. The Morgan fingerprint density at radius 1 is 1.06 bits per heavy atom. The van der Waals surface area contributed by atoms with Crippen LogP contribution in [-0.4, -0.2) is 48.8 Å². The van der Waals surface area contributed by atoms with Crippen LogP contribution in [0.25, 0.3) is 0 Å². The molecule has 164 valence electrons. The highest BCUT2D eigenvalue weighted by atomic mass is 19.4. The van der Waals surface area contributed by atoms with Crippen LogP contribution in [0.3, 0.4) is 0 Å². The summed E-state index contributed by atoms with van der Waals surface area (Å²) in [7, 11) is 2.77. The van der Waals surface area contributed by atoms with E-state index in [1.54, 1.807) is 10.6 Å². The molecule has 2 aromatic rings. The molecule has 8 nitrogen and oxygen atoms in total. The summed E-state index contributed by atoms with van der Waals surface area (Å²) in [5.41, 5.74) is -3.39. The number of imide groups is 1. The second-order valence-corrected chi connectivity index (χ2v) is 6.60. The van der Waals surface area contributed by atoms with Crippen LogP contribution in [0.1, 0.15) is 15.9 Å². The number of methoxy groups -OCH3 is 2. The van der Waals surface area contributed by atoms with E-state index in [1.807, 2.05) is 0 Å². The van der Waals surface area contributed by atoms with E-state index < -0.39 is 36.2 Å². The van der Waals surface area contributed by atoms with Gasteiger partial charge >= 0.3 is 12.2 Å². The monoisotopic (exact) mass is 437 g/mol. The Bertz CT molecular complexity index is 1010. The molecule has 11 heteroatoms. The van der Waals surface area contributed by atoms with Crippen molar-refractivity contribution in [2.75, 3.05) is 14.2 Å². The van der Waals surface area contributed by atoms with Gasteiger partial charge in [-0.25, -0.2) is 4.79 Å². The fourth-order valence-corrected chi connectivity index (χ4v) is 2.99. The maximum atomic E-state index is 14.0. The van der Waals surface area contributed by atoms with Crippen LogP contribution < -0.4 is 20.1 Å². The summed E-state index contributed by atoms with van der Waals surface area (Å²) in [6, 6.07) is 10.1. The van der Waals surface area contributed by atoms with Gasteiger partial charge in [0, 0.05) is 5.56 Å². The van der Waals surface area contributed by atoms with Crippen LogP contribution >= 0.6 is 0 Å². The molecule has 1 atom stereocenters. The predicted molar refractivity (Wildman–Crippen MR) is 101 cm³/mol. The first-order chi connectivity index (χ1) is 14.6. The number of hydrogen-bond acceptors (Lipinski definition) is 5. The van der Waals surface area contributed by atoms with Gasteiger partial charge in [-0.15, -0.1) is 0 Å². The van der Waals surface area contributed by atoms with Crippen LogP contribution in [-0.2, 0) is 11.3 Å². The van der Waals surface area contributed by atoms with Gasteiger partial charge in [0.1, 0.15) is 11.5 Å². The third-order valence-corrected chi connectivity index (χ3v) is 4.66. The van der Waals surface area contributed by atoms with Crippen molar-refractivity contribution in [2.45, 2.75) is 18.4 Å². The van der Waals surface area contributed by atoms with E-state index in [1.165, 1.54) is 62.8 Å². The van der Waals surface area contributed by atoms with Gasteiger partial charge in [-0.1, -0.05) is 18.2 Å². The molecule has 2 aromatic carbocycles. The summed E-state index contributed by atoms with van der Waals surface area (Å²) in [5, 5.41) is 3.26. The highest BCUT2D eigenvalue weighted by Gasteiger charge is 2.68. The van der Waals surface area contributed by atoms with Gasteiger partial charge in [-0.2, -0.15) is 13.2 Å². The van der Waals surface area contributed by atoms with Crippen LogP contribution in [0, 0.1) is 0 Å². The zero-order valence-electron chi connectivity index (χ0n) is 16.4. The molecule has 0 aliphatic carbocycles. The highest BCUT2D eigenvalue weighted by molar-refractivity contribution is 6.10. The summed E-state index contributed by atoms with van der Waals surface area (Å²) in [6.45, 7) is -0.429. The molecular formula is C20H18F3N3O5. The first kappa shape index (κ1) is 21.9. The quantitative estimate of drug-likeness (QED) is 0.677. The summed E-state index contributed by atoms with van der Waals surface area (Å²) in [4.78, 5) is 37.9. The fourth-order valence-electron chi connectivity index (χ4n) is 2.99. The molecule has 1 aliphatic heterocycles. The van der Waals surface area contributed by atoms with E-state index in [4.69, 9.17) is 9.47 Å². The van der Waals surface area contributed by atoms with E-state index in [9.17, 15) is 27.6 Å². The normalized spacial score (nSPS) is 18.5. The number of urea groups is 1. The van der Waals surface area contributed by atoms with Crippen LogP contribution in [0.4, 0.5) is 18.0 Å². The zero-order chi connectivity index (χ0) is 22.8. The molecule has 1 aliphatic rings. The zero-order valence-corrected chi connectivity index (χ0v) is 16.4. The number of benzene rings is 2. The van der Waals surface area contributed by atoms with Crippen molar-refractivity contribution in [3.8, 4) is 11.5 Å². The number of nitrogens with zero attached hydrogens (tertiary/aromatic N) is 1. The molecule has 0 unspecified atom stereocenters. The van der Waals surface area contributed by atoms with Crippen molar-refractivity contribution >= 4 is 17.8 Å². The second-order valence-electron chi connectivity index (χ2n) is 6.60. The van der Waals surface area contributed by atoms with Crippen molar-refractivity contribution in [2.24, 2.45) is 0 Å². The van der Waals surface area contributed by atoms with Crippen molar-refractivity contribution in [1.29, 1.82) is 0 Å². The van der Waals surface area contributed by atoms with E-state index >= 15 is 0 Å². The summed E-state index contributed by atoms with van der Waals surface area (Å²) >= 11 is 0. The van der Waals surface area contributed by atoms with Gasteiger partial charge in [-0.05, 0) is 35.9 Å². The van der Waals surface area contributed by atoms with Gasteiger partial charge in [0.2, 0.25) is 0 Å². The Balaban J connectivity index is 1.89. The summed E-state index contributed by atoms with van der Waals surface area (Å²) < 4.78 is 51.8. The number of amides is 4. The second kappa shape index (κ2) is 8.17. The lowest BCUT2D eigenvalue weighted by Gasteiger charge is -2.30. The average Bonchev–Trinajstić information content (AvgIpc) is 2.99. The van der Waals surface area contributed by atoms with Gasteiger partial charge in [0.25, 0.3) is 17.5 Å². The molecule has 3 rings (SSSR count). The molecule has 31 heavy (non-hydrogen) atoms. The molecule has 2 N–H and O–H groups in total. The number of carbonyl (C=O) groups excluding carboxylic acids is 3. The topological polar surface area (TPSA) is 97.0 Å². The average molecular weight is 437 g/mol. The Kier molecular flexibility index (Phi) is 5.78. The molecule has 1 fully saturated rings. The Hall–Kier alpha value is -3.76. The Morgan fingerprint density at radius 3 is 2.29 bits per heavy atom. The van der Waals surface area contributed by atoms with Gasteiger partial charge < -0.3 is 14.8 Å². The number of rotatable bonds is 6. The summed E-state index contributed by atoms with van der Waals surface area (Å²) in [5.74, 6) is -2.12. The maximum absolute atomic E-state index is 14.0. The Labute approximate surface area is 174 Å². The van der Waals surface area contributed by atoms with E-state index in [2.05, 4.69) is 0 Å². The molecule has 0 bridgehead atoms. The minimum Gasteiger partial charge on any atom is -0.497 e. The van der Waals surface area contributed by atoms with Crippen molar-refractivity contribution in [3.63, 3.8) is 0 Å². The highest BCUT2D eigenvalue weighted by Crippen LogP contribution is 2.35. The van der Waals surface area contributed by atoms with Crippen molar-refractivity contribution in [3.05, 3.63) is 59.7 Å². The Morgan fingerprint density at radius 2 is 1.71 bits per heavy atom. The minimum atomic E-state index is -5.30. The number of hydrogen-bond donors (Lipinski definition) is 2. The molecular weight excluding hydrogens is 419 g/mol. The van der Waals surface area contributed by atoms with Gasteiger partial charge in [0.15, 0.2) is 0 Å². The van der Waals surface area contributed by atoms with Crippen LogP contribution in [0.2, 0.25) is 0 Å². The van der Waals surface area contributed by atoms with Crippen molar-refractivity contribution < 1.29 is 37.0 Å². The SMILES string of the molecule is COc1ccc(CN2C(=O)N[C@](NC(=O)c3cccc(OC)c3)(C(F)(F)F)C2=O)cc1. The fraction of sp³-hybridized carbons (Fsp3) is 0.250. The third-order valence-electron chi connectivity index (χ3n) is 4.66. The number of carbonyl (C=O) groups is 3. The third kappa shape index (κ3) is 4.11. The van der Waals surface area contributed by atoms with E-state index in [-0.39, 0.29) is 11.3 Å². The maximum Gasteiger partial charge on any atom is 0.440 e. The molecule has 0 radical (unpaired) electrons. The molecule has 0 saturated carbocycles. The first-order valence-electron chi connectivity index (χ1n) is 8.91. The molecule has 4 amide bonds. The first-order valence-corrected chi connectivity index (χ1v) is 8.91. The van der Waals surface area contributed by atoms with Crippen LogP contribution in [0.15, 0.2) is 48.5 Å². The number of alkyl halides is 3. The smallest absolute Gasteiger partial charge is 0.440 e. The molecule has 1 saturated heterocycles. The summed E-state index contributed by atoms with van der Waals surface area (Å²) in [6.07, 6.45) is -5.30. The van der Waals surface area contributed by atoms with Gasteiger partial charge in [-0.3, -0.25) is 19.8 Å². The molecule has 0 spiro atoms. The minimum absolute atomic E-state index is 0.182. The van der Waals surface area contributed by atoms with Crippen LogP contribution in [0.5, 0.6) is 11.5 Å². The molecule has 1 heterocycles. The molecule has 0 aromatic heterocycles.